The predicted octanol–water partition coefficient (Wildman–Crippen LogP) is 2.87. The standard InChI is InChI=1S/C14H15IN2OS/c1-10-16-7-13(15)14(18)17(10)8-12(9-19)11-5-3-2-4-6-11/h2-7,12,19H,8-9H2,1H3. The van der Waals surface area contributed by atoms with E-state index in [9.17, 15) is 4.79 Å². The van der Waals surface area contributed by atoms with Crippen molar-refractivity contribution in [1.29, 1.82) is 0 Å². The van der Waals surface area contributed by atoms with E-state index < -0.39 is 0 Å². The minimum absolute atomic E-state index is 0.0239. The molecule has 1 unspecified atom stereocenters. The van der Waals surface area contributed by atoms with Gasteiger partial charge in [0.25, 0.3) is 5.56 Å². The molecule has 0 amide bonds. The predicted molar refractivity (Wildman–Crippen MR) is 89.0 cm³/mol. The Balaban J connectivity index is 2.35. The van der Waals surface area contributed by atoms with Gasteiger partial charge in [-0.1, -0.05) is 30.3 Å². The number of thiol groups is 1. The molecule has 0 bridgehead atoms. The average Bonchev–Trinajstić information content (AvgIpc) is 2.44. The molecule has 19 heavy (non-hydrogen) atoms. The normalized spacial score (nSPS) is 12.4. The van der Waals surface area contributed by atoms with Gasteiger partial charge in [-0.3, -0.25) is 9.36 Å². The summed E-state index contributed by atoms with van der Waals surface area (Å²) in [7, 11) is 0. The Kier molecular flexibility index (Phi) is 5.04. The highest BCUT2D eigenvalue weighted by molar-refractivity contribution is 14.1. The van der Waals surface area contributed by atoms with Gasteiger partial charge in [0.1, 0.15) is 5.82 Å². The van der Waals surface area contributed by atoms with Crippen LogP contribution >= 0.6 is 35.2 Å². The average molecular weight is 386 g/mol. The number of benzene rings is 1. The highest BCUT2D eigenvalue weighted by Crippen LogP contribution is 2.19. The Morgan fingerprint density at radius 3 is 2.68 bits per heavy atom. The molecule has 0 spiro atoms. The Hall–Kier alpha value is -0.820. The van der Waals surface area contributed by atoms with E-state index in [0.717, 1.165) is 5.82 Å². The van der Waals surface area contributed by atoms with Crippen molar-refractivity contribution in [1.82, 2.24) is 9.55 Å². The minimum atomic E-state index is 0.0239. The number of hydrogen-bond donors (Lipinski definition) is 1. The van der Waals surface area contributed by atoms with E-state index in [0.29, 0.717) is 15.9 Å². The molecule has 1 aromatic carbocycles. The van der Waals surface area contributed by atoms with Crippen molar-refractivity contribution in [2.75, 3.05) is 5.75 Å². The van der Waals surface area contributed by atoms with Gasteiger partial charge in [0.2, 0.25) is 0 Å². The third kappa shape index (κ3) is 3.39. The van der Waals surface area contributed by atoms with Gasteiger partial charge in [-0.15, -0.1) is 0 Å². The molecule has 100 valence electrons. The van der Waals surface area contributed by atoms with Gasteiger partial charge >= 0.3 is 0 Å². The van der Waals surface area contributed by atoms with E-state index in [1.807, 2.05) is 47.7 Å². The largest absolute Gasteiger partial charge is 0.295 e. The van der Waals surface area contributed by atoms with Crippen molar-refractivity contribution in [3.8, 4) is 0 Å². The third-order valence-corrected chi connectivity index (χ3v) is 4.28. The Morgan fingerprint density at radius 1 is 1.37 bits per heavy atom. The molecular formula is C14H15IN2OS. The summed E-state index contributed by atoms with van der Waals surface area (Å²) < 4.78 is 2.38. The molecule has 1 heterocycles. The fraction of sp³-hybridized carbons (Fsp3) is 0.286. The molecule has 0 fully saturated rings. The fourth-order valence-electron chi connectivity index (χ4n) is 1.98. The lowest BCUT2D eigenvalue weighted by Gasteiger charge is -2.18. The molecule has 0 aliphatic heterocycles. The van der Waals surface area contributed by atoms with Gasteiger partial charge in [-0.25, -0.2) is 4.98 Å². The SMILES string of the molecule is Cc1ncc(I)c(=O)n1CC(CS)c1ccccc1. The van der Waals surface area contributed by atoms with Crippen molar-refractivity contribution < 1.29 is 0 Å². The summed E-state index contributed by atoms with van der Waals surface area (Å²) in [4.78, 5) is 16.4. The summed E-state index contributed by atoms with van der Waals surface area (Å²) in [5.41, 5.74) is 1.22. The van der Waals surface area contributed by atoms with Crippen LogP contribution in [0.1, 0.15) is 17.3 Å². The van der Waals surface area contributed by atoms with Crippen molar-refractivity contribution in [2.24, 2.45) is 0 Å². The molecule has 1 atom stereocenters. The molecule has 0 aliphatic rings. The van der Waals surface area contributed by atoms with E-state index in [1.54, 1.807) is 10.8 Å². The maximum absolute atomic E-state index is 12.2. The van der Waals surface area contributed by atoms with Crippen LogP contribution < -0.4 is 5.56 Å². The monoisotopic (exact) mass is 386 g/mol. The van der Waals surface area contributed by atoms with Crippen LogP contribution in [0.25, 0.3) is 0 Å². The molecule has 0 N–H and O–H groups in total. The molecule has 5 heteroatoms. The Bertz CT molecular complexity index is 613. The molecule has 3 nitrogen and oxygen atoms in total. The number of halogens is 1. The first-order valence-electron chi connectivity index (χ1n) is 6.01. The zero-order chi connectivity index (χ0) is 13.8. The van der Waals surface area contributed by atoms with Gasteiger partial charge in [0.15, 0.2) is 0 Å². The highest BCUT2D eigenvalue weighted by atomic mass is 127. The summed E-state index contributed by atoms with van der Waals surface area (Å²) in [6.45, 7) is 2.47. The second-order valence-electron chi connectivity index (χ2n) is 4.36. The first-order chi connectivity index (χ1) is 9.13. The van der Waals surface area contributed by atoms with Crippen molar-refractivity contribution >= 4 is 35.2 Å². The summed E-state index contributed by atoms with van der Waals surface area (Å²) in [6, 6.07) is 10.2. The van der Waals surface area contributed by atoms with E-state index in [-0.39, 0.29) is 11.5 Å². The number of nitrogens with zero attached hydrogens (tertiary/aromatic N) is 2. The minimum Gasteiger partial charge on any atom is -0.295 e. The van der Waals surface area contributed by atoms with Crippen LogP contribution in [-0.4, -0.2) is 15.3 Å². The molecule has 0 saturated carbocycles. The van der Waals surface area contributed by atoms with Crippen LogP contribution in [0.5, 0.6) is 0 Å². The second kappa shape index (κ2) is 6.56. The molecule has 2 aromatic rings. The van der Waals surface area contributed by atoms with E-state index >= 15 is 0 Å². The first-order valence-corrected chi connectivity index (χ1v) is 7.72. The van der Waals surface area contributed by atoms with Gasteiger partial charge in [0, 0.05) is 18.7 Å². The zero-order valence-corrected chi connectivity index (χ0v) is 13.6. The Labute approximate surface area is 131 Å². The maximum atomic E-state index is 12.2. The van der Waals surface area contributed by atoms with Gasteiger partial charge in [0.05, 0.1) is 3.57 Å². The van der Waals surface area contributed by atoms with Crippen LogP contribution in [0.3, 0.4) is 0 Å². The zero-order valence-electron chi connectivity index (χ0n) is 10.6. The molecule has 2 rings (SSSR count). The van der Waals surface area contributed by atoms with E-state index in [2.05, 4.69) is 29.7 Å². The van der Waals surface area contributed by atoms with Crippen LogP contribution in [0.2, 0.25) is 0 Å². The lowest BCUT2D eigenvalue weighted by atomic mass is 10.0. The third-order valence-electron chi connectivity index (χ3n) is 3.10. The van der Waals surface area contributed by atoms with Gasteiger partial charge < -0.3 is 0 Å². The molecule has 0 aliphatic carbocycles. The van der Waals surface area contributed by atoms with E-state index in [4.69, 9.17) is 0 Å². The van der Waals surface area contributed by atoms with Crippen LogP contribution in [0.15, 0.2) is 41.3 Å². The molecule has 1 aromatic heterocycles. The van der Waals surface area contributed by atoms with Crippen molar-refractivity contribution in [3.05, 3.63) is 61.8 Å². The number of rotatable bonds is 4. The smallest absolute Gasteiger partial charge is 0.266 e. The molecular weight excluding hydrogens is 371 g/mol. The summed E-state index contributed by atoms with van der Waals surface area (Å²) in [5.74, 6) is 1.65. The van der Waals surface area contributed by atoms with Gasteiger partial charge in [-0.05, 0) is 40.8 Å². The van der Waals surface area contributed by atoms with E-state index in [1.165, 1.54) is 5.56 Å². The van der Waals surface area contributed by atoms with Gasteiger partial charge in [-0.2, -0.15) is 12.6 Å². The molecule has 0 saturated heterocycles. The summed E-state index contributed by atoms with van der Waals surface area (Å²) in [5, 5.41) is 0. The lowest BCUT2D eigenvalue weighted by Crippen LogP contribution is -2.28. The topological polar surface area (TPSA) is 34.9 Å². The van der Waals surface area contributed by atoms with Crippen LogP contribution in [0, 0.1) is 10.5 Å². The Morgan fingerprint density at radius 2 is 2.05 bits per heavy atom. The second-order valence-corrected chi connectivity index (χ2v) is 5.89. The molecule has 0 radical (unpaired) electrons. The number of aryl methyl sites for hydroxylation is 1. The van der Waals surface area contributed by atoms with Crippen LogP contribution in [0.4, 0.5) is 0 Å². The quantitative estimate of drug-likeness (QED) is 0.648. The highest BCUT2D eigenvalue weighted by Gasteiger charge is 2.14. The summed E-state index contributed by atoms with van der Waals surface area (Å²) in [6.07, 6.45) is 1.62. The summed E-state index contributed by atoms with van der Waals surface area (Å²) >= 11 is 6.44. The maximum Gasteiger partial charge on any atom is 0.266 e. The van der Waals surface area contributed by atoms with Crippen LogP contribution in [-0.2, 0) is 6.54 Å². The van der Waals surface area contributed by atoms with Crippen molar-refractivity contribution in [2.45, 2.75) is 19.4 Å². The number of hydrogen-bond acceptors (Lipinski definition) is 3. The lowest BCUT2D eigenvalue weighted by molar-refractivity contribution is 0.559. The first kappa shape index (κ1) is 14.6. The fourth-order valence-corrected chi connectivity index (χ4v) is 2.74. The van der Waals surface area contributed by atoms with Crippen molar-refractivity contribution in [3.63, 3.8) is 0 Å². The number of aromatic nitrogens is 2.